The Balaban J connectivity index is 1.52. The van der Waals surface area contributed by atoms with E-state index in [-0.39, 0.29) is 24.1 Å². The van der Waals surface area contributed by atoms with E-state index < -0.39 is 0 Å². The second kappa shape index (κ2) is 13.4. The van der Waals surface area contributed by atoms with Gasteiger partial charge in [0.15, 0.2) is 11.0 Å². The van der Waals surface area contributed by atoms with Gasteiger partial charge in [-0.1, -0.05) is 23.9 Å². The van der Waals surface area contributed by atoms with Crippen molar-refractivity contribution in [1.29, 1.82) is 0 Å². The van der Waals surface area contributed by atoms with E-state index in [1.165, 1.54) is 18.9 Å². The summed E-state index contributed by atoms with van der Waals surface area (Å²) in [6, 6.07) is 19.3. The number of amides is 2. The number of para-hydroxylation sites is 2. The minimum atomic E-state index is -0.278. The Hall–Kier alpha value is -4.71. The Kier molecular flexibility index (Phi) is 9.47. The highest BCUT2D eigenvalue weighted by Gasteiger charge is 2.20. The van der Waals surface area contributed by atoms with Crippen LogP contribution < -0.4 is 29.6 Å². The van der Waals surface area contributed by atoms with E-state index in [0.717, 1.165) is 0 Å². The molecule has 3 aromatic carbocycles. The molecular formula is C28H29N5O6S. The molecule has 4 aromatic rings. The molecule has 0 saturated heterocycles. The summed E-state index contributed by atoms with van der Waals surface area (Å²) in [7, 11) is 6.20. The van der Waals surface area contributed by atoms with Gasteiger partial charge in [0, 0.05) is 11.6 Å². The number of nitrogens with zero attached hydrogens (tertiary/aromatic N) is 3. The molecule has 0 saturated carbocycles. The quantitative estimate of drug-likeness (QED) is 0.246. The summed E-state index contributed by atoms with van der Waals surface area (Å²) in [6.45, 7) is 0.0890. The van der Waals surface area contributed by atoms with Crippen LogP contribution in [0.4, 0.5) is 5.69 Å². The lowest BCUT2D eigenvalue weighted by atomic mass is 10.2. The highest BCUT2D eigenvalue weighted by molar-refractivity contribution is 7.99. The van der Waals surface area contributed by atoms with Gasteiger partial charge in [-0.3, -0.25) is 14.2 Å². The number of carbonyl (C=O) groups excluding carboxylic acids is 2. The number of ether oxygens (including phenoxy) is 4. The van der Waals surface area contributed by atoms with Crippen molar-refractivity contribution >= 4 is 29.3 Å². The molecule has 0 radical (unpaired) electrons. The van der Waals surface area contributed by atoms with Crippen LogP contribution in [0.2, 0.25) is 0 Å². The minimum absolute atomic E-state index is 0.0423. The molecule has 40 heavy (non-hydrogen) atoms. The molecule has 0 bridgehead atoms. The molecule has 0 spiro atoms. The third-order valence-electron chi connectivity index (χ3n) is 5.80. The zero-order chi connectivity index (χ0) is 28.5. The van der Waals surface area contributed by atoms with E-state index >= 15 is 0 Å². The fourth-order valence-corrected chi connectivity index (χ4v) is 4.55. The number of hydrogen-bond acceptors (Lipinski definition) is 9. The van der Waals surface area contributed by atoms with Gasteiger partial charge in [0.25, 0.3) is 5.91 Å². The summed E-state index contributed by atoms with van der Waals surface area (Å²) in [6.07, 6.45) is 0. The van der Waals surface area contributed by atoms with Gasteiger partial charge in [-0.15, -0.1) is 10.2 Å². The predicted molar refractivity (Wildman–Crippen MR) is 151 cm³/mol. The molecule has 0 fully saturated rings. The summed E-state index contributed by atoms with van der Waals surface area (Å²) in [5, 5.41) is 14.8. The third kappa shape index (κ3) is 6.64. The van der Waals surface area contributed by atoms with E-state index in [1.54, 1.807) is 68.4 Å². The Morgan fingerprint density at radius 1 is 0.825 bits per heavy atom. The molecule has 4 rings (SSSR count). The summed E-state index contributed by atoms with van der Waals surface area (Å²) in [5.41, 5.74) is 1.66. The maximum absolute atomic E-state index is 12.8. The normalized spacial score (nSPS) is 10.5. The van der Waals surface area contributed by atoms with Crippen LogP contribution >= 0.6 is 11.8 Å². The Morgan fingerprint density at radius 3 is 2.23 bits per heavy atom. The third-order valence-corrected chi connectivity index (χ3v) is 6.73. The number of aromatic nitrogens is 3. The topological polar surface area (TPSA) is 126 Å². The maximum Gasteiger partial charge on any atom is 0.251 e. The second-order valence-electron chi connectivity index (χ2n) is 8.22. The van der Waals surface area contributed by atoms with Crippen LogP contribution in [-0.4, -0.2) is 60.8 Å². The van der Waals surface area contributed by atoms with E-state index in [4.69, 9.17) is 18.9 Å². The van der Waals surface area contributed by atoms with Gasteiger partial charge in [-0.05, 0) is 48.5 Å². The molecule has 2 N–H and O–H groups in total. The summed E-state index contributed by atoms with van der Waals surface area (Å²) >= 11 is 1.19. The van der Waals surface area contributed by atoms with Crippen LogP contribution in [0.15, 0.2) is 71.9 Å². The zero-order valence-corrected chi connectivity index (χ0v) is 23.3. The molecule has 0 unspecified atom stereocenters. The molecular weight excluding hydrogens is 534 g/mol. The van der Waals surface area contributed by atoms with Crippen molar-refractivity contribution in [3.63, 3.8) is 0 Å². The number of rotatable bonds is 12. The maximum atomic E-state index is 12.8. The van der Waals surface area contributed by atoms with Gasteiger partial charge in [-0.2, -0.15) is 0 Å². The fraction of sp³-hybridized carbons (Fsp3) is 0.214. The molecule has 2 amide bonds. The van der Waals surface area contributed by atoms with Crippen molar-refractivity contribution in [3.05, 3.63) is 78.1 Å². The predicted octanol–water partition coefficient (Wildman–Crippen LogP) is 3.96. The SMILES string of the molecule is COc1ccc(C(=O)NCc2nnc(SCC(=O)Nc3ccc(OC)cc3OC)n2-c2ccccc2OC)cc1. The molecule has 12 heteroatoms. The smallest absolute Gasteiger partial charge is 0.251 e. The van der Waals surface area contributed by atoms with Crippen molar-refractivity contribution < 1.29 is 28.5 Å². The summed E-state index contributed by atoms with van der Waals surface area (Å²) in [4.78, 5) is 25.6. The molecule has 0 aliphatic carbocycles. The monoisotopic (exact) mass is 563 g/mol. The average molecular weight is 564 g/mol. The molecule has 0 atom stereocenters. The van der Waals surface area contributed by atoms with Crippen LogP contribution in [0.25, 0.3) is 5.69 Å². The van der Waals surface area contributed by atoms with Gasteiger partial charge in [0.05, 0.1) is 52.1 Å². The first-order valence-corrected chi connectivity index (χ1v) is 13.1. The van der Waals surface area contributed by atoms with E-state index in [0.29, 0.717) is 50.9 Å². The molecule has 0 aliphatic rings. The lowest BCUT2D eigenvalue weighted by Crippen LogP contribution is -2.24. The van der Waals surface area contributed by atoms with Crippen LogP contribution in [0.1, 0.15) is 16.2 Å². The largest absolute Gasteiger partial charge is 0.497 e. The van der Waals surface area contributed by atoms with Crippen LogP contribution in [0.3, 0.4) is 0 Å². The van der Waals surface area contributed by atoms with E-state index in [1.807, 2.05) is 24.3 Å². The van der Waals surface area contributed by atoms with Crippen LogP contribution in [-0.2, 0) is 11.3 Å². The molecule has 1 heterocycles. The number of carbonyl (C=O) groups is 2. The number of hydrogen-bond donors (Lipinski definition) is 2. The van der Waals surface area contributed by atoms with Crippen molar-refractivity contribution in [2.75, 3.05) is 39.5 Å². The zero-order valence-electron chi connectivity index (χ0n) is 22.5. The fourth-order valence-electron chi connectivity index (χ4n) is 3.79. The summed E-state index contributed by atoms with van der Waals surface area (Å²) < 4.78 is 23.0. The first-order chi connectivity index (χ1) is 19.5. The molecule has 11 nitrogen and oxygen atoms in total. The summed E-state index contributed by atoms with van der Waals surface area (Å²) in [5.74, 6) is 2.29. The van der Waals surface area contributed by atoms with E-state index in [2.05, 4.69) is 20.8 Å². The van der Waals surface area contributed by atoms with Crippen molar-refractivity contribution in [2.24, 2.45) is 0 Å². The lowest BCUT2D eigenvalue weighted by molar-refractivity contribution is -0.113. The number of benzene rings is 3. The molecule has 1 aromatic heterocycles. The number of anilines is 1. The van der Waals surface area contributed by atoms with Gasteiger partial charge >= 0.3 is 0 Å². The van der Waals surface area contributed by atoms with Crippen LogP contribution in [0.5, 0.6) is 23.0 Å². The highest BCUT2D eigenvalue weighted by Crippen LogP contribution is 2.31. The number of thioether (sulfide) groups is 1. The first-order valence-electron chi connectivity index (χ1n) is 12.1. The van der Waals surface area contributed by atoms with Gasteiger partial charge in [0.1, 0.15) is 23.0 Å². The average Bonchev–Trinajstić information content (AvgIpc) is 3.41. The number of methoxy groups -OCH3 is 4. The molecule has 208 valence electrons. The highest BCUT2D eigenvalue weighted by atomic mass is 32.2. The lowest BCUT2D eigenvalue weighted by Gasteiger charge is -2.14. The van der Waals surface area contributed by atoms with Crippen LogP contribution in [0, 0.1) is 0 Å². The van der Waals surface area contributed by atoms with Gasteiger partial charge < -0.3 is 29.6 Å². The Morgan fingerprint density at radius 2 is 1.52 bits per heavy atom. The first kappa shape index (κ1) is 28.3. The van der Waals surface area contributed by atoms with Gasteiger partial charge in [-0.25, -0.2) is 0 Å². The molecule has 0 aliphatic heterocycles. The number of nitrogens with one attached hydrogen (secondary N) is 2. The van der Waals surface area contributed by atoms with E-state index in [9.17, 15) is 9.59 Å². The second-order valence-corrected chi connectivity index (χ2v) is 9.16. The Bertz CT molecular complexity index is 1470. The Labute approximate surface area is 235 Å². The standard InChI is InChI=1S/C28H29N5O6S/c1-36-19-11-9-18(10-12-19)27(35)29-16-25-31-32-28(33(25)22-7-5-6-8-23(22)38-3)40-17-26(34)30-21-14-13-20(37-2)15-24(21)39-4/h5-15H,16-17H2,1-4H3,(H,29,35)(H,30,34). The van der Waals surface area contributed by atoms with Crippen molar-refractivity contribution in [2.45, 2.75) is 11.7 Å². The van der Waals surface area contributed by atoms with Gasteiger partial charge in [0.2, 0.25) is 5.91 Å². The minimum Gasteiger partial charge on any atom is -0.497 e. The van der Waals surface area contributed by atoms with Crippen molar-refractivity contribution in [1.82, 2.24) is 20.1 Å². The van der Waals surface area contributed by atoms with Crippen molar-refractivity contribution in [3.8, 4) is 28.7 Å².